The summed E-state index contributed by atoms with van der Waals surface area (Å²) in [6.07, 6.45) is 5.13. The number of hydrogen-bond acceptors (Lipinski definition) is 4. The van der Waals surface area contributed by atoms with E-state index < -0.39 is 0 Å². The molecule has 5 heteroatoms. The van der Waals surface area contributed by atoms with E-state index in [4.69, 9.17) is 9.72 Å². The number of rotatable bonds is 5. The quantitative estimate of drug-likeness (QED) is 0.644. The summed E-state index contributed by atoms with van der Waals surface area (Å²) >= 11 is 0. The minimum Gasteiger partial charge on any atom is -0.496 e. The lowest BCUT2D eigenvalue weighted by Gasteiger charge is -2.21. The van der Waals surface area contributed by atoms with Crippen LogP contribution in [0.25, 0.3) is 22.3 Å². The third kappa shape index (κ3) is 2.99. The first-order valence-electron chi connectivity index (χ1n) is 9.99. The van der Waals surface area contributed by atoms with Crippen molar-refractivity contribution < 1.29 is 4.74 Å². The number of hydrogen-bond donors (Lipinski definition) is 0. The SMILES string of the molecule is CC[C@@H](C1CC1)n1c(=O)c(C)nc2c(-c3cc(C)c(OC)cc3C)nccc21. The number of ether oxygens (including phenoxy) is 1. The predicted molar refractivity (Wildman–Crippen MR) is 112 cm³/mol. The zero-order chi connectivity index (χ0) is 20.0. The summed E-state index contributed by atoms with van der Waals surface area (Å²) in [7, 11) is 1.68. The summed E-state index contributed by atoms with van der Waals surface area (Å²) < 4.78 is 7.43. The maximum absolute atomic E-state index is 13.0. The van der Waals surface area contributed by atoms with Gasteiger partial charge in [-0.3, -0.25) is 9.78 Å². The standard InChI is InChI=1S/C23H27N3O2/c1-6-18(16-7-8-16)26-19-9-10-24-21(22(19)25-15(4)23(26)27)17-11-14(3)20(28-5)12-13(17)2/h9-12,16,18H,6-8H2,1-5H3/t18-/m0/s1. The Hall–Kier alpha value is -2.69. The van der Waals surface area contributed by atoms with Gasteiger partial charge in [0, 0.05) is 17.8 Å². The molecule has 4 rings (SSSR count). The second-order valence-electron chi connectivity index (χ2n) is 7.85. The molecule has 0 aliphatic heterocycles. The molecule has 2 heterocycles. The number of nitrogens with zero attached hydrogens (tertiary/aromatic N) is 3. The van der Waals surface area contributed by atoms with Gasteiger partial charge in [-0.05, 0) is 75.3 Å². The summed E-state index contributed by atoms with van der Waals surface area (Å²) in [4.78, 5) is 22.4. The van der Waals surface area contributed by atoms with Gasteiger partial charge in [-0.2, -0.15) is 0 Å². The van der Waals surface area contributed by atoms with Crippen molar-refractivity contribution in [3.05, 3.63) is 51.6 Å². The van der Waals surface area contributed by atoms with Crippen LogP contribution in [0, 0.1) is 26.7 Å². The largest absolute Gasteiger partial charge is 0.496 e. The normalized spacial score (nSPS) is 15.0. The Labute approximate surface area is 165 Å². The Kier molecular flexibility index (Phi) is 4.69. The molecule has 146 valence electrons. The first-order valence-corrected chi connectivity index (χ1v) is 9.99. The molecule has 1 fully saturated rings. The molecule has 0 bridgehead atoms. The third-order valence-electron chi connectivity index (χ3n) is 5.88. The smallest absolute Gasteiger partial charge is 0.272 e. The second-order valence-corrected chi connectivity index (χ2v) is 7.85. The van der Waals surface area contributed by atoms with Gasteiger partial charge in [-0.1, -0.05) is 6.92 Å². The van der Waals surface area contributed by atoms with Crippen LogP contribution in [0.2, 0.25) is 0 Å². The summed E-state index contributed by atoms with van der Waals surface area (Å²) in [5, 5.41) is 0. The van der Waals surface area contributed by atoms with E-state index >= 15 is 0 Å². The fraction of sp³-hybridized carbons (Fsp3) is 0.435. The molecule has 0 saturated heterocycles. The molecule has 0 radical (unpaired) electrons. The van der Waals surface area contributed by atoms with Gasteiger partial charge < -0.3 is 9.30 Å². The van der Waals surface area contributed by atoms with Crippen molar-refractivity contribution >= 4 is 11.0 Å². The number of pyridine rings is 1. The minimum atomic E-state index is 0.0195. The molecule has 3 aromatic rings. The van der Waals surface area contributed by atoms with Crippen molar-refractivity contribution in [1.29, 1.82) is 0 Å². The van der Waals surface area contributed by atoms with Crippen LogP contribution in [0.1, 0.15) is 49.0 Å². The minimum absolute atomic E-state index is 0.0195. The lowest BCUT2D eigenvalue weighted by atomic mass is 10.00. The molecule has 5 nitrogen and oxygen atoms in total. The van der Waals surface area contributed by atoms with Gasteiger partial charge in [0.2, 0.25) is 0 Å². The first kappa shape index (κ1) is 18.7. The Balaban J connectivity index is 2.01. The molecule has 1 aliphatic carbocycles. The van der Waals surface area contributed by atoms with Crippen molar-refractivity contribution in [3.63, 3.8) is 0 Å². The van der Waals surface area contributed by atoms with E-state index in [2.05, 4.69) is 24.9 Å². The van der Waals surface area contributed by atoms with Gasteiger partial charge in [-0.25, -0.2) is 4.98 Å². The second kappa shape index (κ2) is 7.04. The Morgan fingerprint density at radius 1 is 1.21 bits per heavy atom. The van der Waals surface area contributed by atoms with E-state index in [1.54, 1.807) is 20.2 Å². The van der Waals surface area contributed by atoms with Gasteiger partial charge >= 0.3 is 0 Å². The van der Waals surface area contributed by atoms with E-state index in [9.17, 15) is 4.79 Å². The summed E-state index contributed by atoms with van der Waals surface area (Å²) in [5.41, 5.74) is 6.21. The zero-order valence-corrected chi connectivity index (χ0v) is 17.2. The molecular weight excluding hydrogens is 350 g/mol. The van der Waals surface area contributed by atoms with E-state index in [0.29, 0.717) is 11.6 Å². The highest BCUT2D eigenvalue weighted by atomic mass is 16.5. The summed E-state index contributed by atoms with van der Waals surface area (Å²) in [6.45, 7) is 8.05. The van der Waals surface area contributed by atoms with Crippen LogP contribution in [0.15, 0.2) is 29.2 Å². The zero-order valence-electron chi connectivity index (χ0n) is 17.2. The Morgan fingerprint density at radius 2 is 1.96 bits per heavy atom. The van der Waals surface area contributed by atoms with E-state index in [1.807, 2.05) is 23.6 Å². The number of aryl methyl sites for hydroxylation is 3. The van der Waals surface area contributed by atoms with Crippen molar-refractivity contribution in [3.8, 4) is 17.0 Å². The van der Waals surface area contributed by atoms with E-state index in [1.165, 1.54) is 12.8 Å². The van der Waals surface area contributed by atoms with Gasteiger partial charge in [0.1, 0.15) is 17.0 Å². The molecule has 0 spiro atoms. The van der Waals surface area contributed by atoms with Crippen LogP contribution >= 0.6 is 0 Å². The molecular formula is C23H27N3O2. The highest BCUT2D eigenvalue weighted by Crippen LogP contribution is 2.42. The fourth-order valence-electron chi connectivity index (χ4n) is 4.25. The monoisotopic (exact) mass is 377 g/mol. The molecule has 1 atom stereocenters. The molecule has 2 aromatic heterocycles. The number of benzene rings is 1. The number of fused-ring (bicyclic) bond motifs is 1. The molecule has 1 aromatic carbocycles. The molecule has 1 saturated carbocycles. The van der Waals surface area contributed by atoms with Crippen molar-refractivity contribution in [2.45, 2.75) is 53.0 Å². The van der Waals surface area contributed by atoms with Gasteiger partial charge in [0.25, 0.3) is 5.56 Å². The molecule has 28 heavy (non-hydrogen) atoms. The molecule has 1 aliphatic rings. The third-order valence-corrected chi connectivity index (χ3v) is 5.88. The summed E-state index contributed by atoms with van der Waals surface area (Å²) in [5.74, 6) is 1.46. The van der Waals surface area contributed by atoms with Crippen LogP contribution in [-0.4, -0.2) is 21.6 Å². The highest BCUT2D eigenvalue weighted by Gasteiger charge is 2.33. The molecule has 0 amide bonds. The van der Waals surface area contributed by atoms with Crippen LogP contribution in [0.5, 0.6) is 5.75 Å². The molecule has 0 N–H and O–H groups in total. The summed E-state index contributed by atoms with van der Waals surface area (Å²) in [6, 6.07) is 6.29. The van der Waals surface area contributed by atoms with Crippen molar-refractivity contribution in [1.82, 2.24) is 14.5 Å². The maximum Gasteiger partial charge on any atom is 0.272 e. The maximum atomic E-state index is 13.0. The average molecular weight is 377 g/mol. The van der Waals surface area contributed by atoms with Gasteiger partial charge in [0.05, 0.1) is 18.3 Å². The van der Waals surface area contributed by atoms with E-state index in [-0.39, 0.29) is 11.6 Å². The van der Waals surface area contributed by atoms with Gasteiger partial charge in [0.15, 0.2) is 0 Å². The Bertz CT molecular complexity index is 1110. The predicted octanol–water partition coefficient (Wildman–Crippen LogP) is 4.75. The van der Waals surface area contributed by atoms with Crippen LogP contribution in [0.3, 0.4) is 0 Å². The van der Waals surface area contributed by atoms with Crippen molar-refractivity contribution in [2.75, 3.05) is 7.11 Å². The van der Waals surface area contributed by atoms with Gasteiger partial charge in [-0.15, -0.1) is 0 Å². The lowest BCUT2D eigenvalue weighted by molar-refractivity contribution is 0.411. The number of aromatic nitrogens is 3. The van der Waals surface area contributed by atoms with Crippen LogP contribution < -0.4 is 10.3 Å². The Morgan fingerprint density at radius 3 is 2.61 bits per heavy atom. The topological polar surface area (TPSA) is 57.0 Å². The average Bonchev–Trinajstić information content (AvgIpc) is 3.51. The molecule has 0 unspecified atom stereocenters. The van der Waals surface area contributed by atoms with Crippen LogP contribution in [0.4, 0.5) is 0 Å². The van der Waals surface area contributed by atoms with Crippen molar-refractivity contribution in [2.24, 2.45) is 5.92 Å². The highest BCUT2D eigenvalue weighted by molar-refractivity contribution is 5.90. The lowest BCUT2D eigenvalue weighted by Crippen LogP contribution is -2.29. The van der Waals surface area contributed by atoms with Crippen LogP contribution in [-0.2, 0) is 0 Å². The number of methoxy groups -OCH3 is 1. The fourth-order valence-corrected chi connectivity index (χ4v) is 4.25. The van der Waals surface area contributed by atoms with E-state index in [0.717, 1.165) is 45.6 Å². The first-order chi connectivity index (χ1) is 13.5.